The third-order valence-electron chi connectivity index (χ3n) is 4.51. The van der Waals surface area contributed by atoms with Crippen molar-refractivity contribution in [1.82, 2.24) is 4.90 Å². The smallest absolute Gasteiger partial charge is 0.223 e. The lowest BCUT2D eigenvalue weighted by molar-refractivity contribution is -0.131. The lowest BCUT2D eigenvalue weighted by Gasteiger charge is -2.25. The number of nitrogens with zero attached hydrogens (tertiary/aromatic N) is 1. The summed E-state index contributed by atoms with van der Waals surface area (Å²) in [5.74, 6) is 0.0697. The Morgan fingerprint density at radius 2 is 1.60 bits per heavy atom. The van der Waals surface area contributed by atoms with E-state index in [1.54, 1.807) is 36.2 Å². The van der Waals surface area contributed by atoms with Crippen LogP contribution in [0, 0.1) is 6.92 Å². The number of aryl methyl sites for hydroxylation is 2. The number of carbonyl (C=O) groups is 1. The molecule has 1 unspecified atom stereocenters. The van der Waals surface area contributed by atoms with Gasteiger partial charge in [0.15, 0.2) is 9.84 Å². The zero-order chi connectivity index (χ0) is 18.6. The molecule has 2 aromatic carbocycles. The predicted octanol–water partition coefficient (Wildman–Crippen LogP) is 3.55. The largest absolute Gasteiger partial charge is 0.339 e. The van der Waals surface area contributed by atoms with Crippen molar-refractivity contribution in [3.8, 4) is 0 Å². The lowest BCUT2D eigenvalue weighted by atomic mass is 10.1. The van der Waals surface area contributed by atoms with Crippen LogP contribution in [0.2, 0.25) is 0 Å². The second-order valence-corrected chi connectivity index (χ2v) is 8.52. The zero-order valence-electron chi connectivity index (χ0n) is 15.2. The first-order chi connectivity index (χ1) is 11.7. The monoisotopic (exact) mass is 359 g/mol. The summed E-state index contributed by atoms with van der Waals surface area (Å²) in [5, 5.41) is 0. The first kappa shape index (κ1) is 19.2. The molecule has 2 aromatic rings. The fourth-order valence-electron chi connectivity index (χ4n) is 2.62. The summed E-state index contributed by atoms with van der Waals surface area (Å²) >= 11 is 0. The molecule has 0 aliphatic heterocycles. The van der Waals surface area contributed by atoms with Crippen LogP contribution in [0.15, 0.2) is 53.4 Å². The summed E-state index contributed by atoms with van der Waals surface area (Å²) in [6.07, 6.45) is 2.35. The highest BCUT2D eigenvalue weighted by molar-refractivity contribution is 7.90. The van der Waals surface area contributed by atoms with Crippen molar-refractivity contribution < 1.29 is 13.2 Å². The van der Waals surface area contributed by atoms with Gasteiger partial charge >= 0.3 is 0 Å². The Labute approximate surface area is 150 Å². The van der Waals surface area contributed by atoms with Gasteiger partial charge in [-0.1, -0.05) is 42.0 Å². The molecule has 0 bridgehead atoms. The summed E-state index contributed by atoms with van der Waals surface area (Å²) in [6.45, 7) is 3.98. The van der Waals surface area contributed by atoms with Crippen molar-refractivity contribution in [3.05, 3.63) is 65.2 Å². The third-order valence-corrected chi connectivity index (χ3v) is 5.64. The van der Waals surface area contributed by atoms with E-state index in [-0.39, 0.29) is 16.8 Å². The molecule has 134 valence electrons. The summed E-state index contributed by atoms with van der Waals surface area (Å²) in [4.78, 5) is 14.5. The number of amides is 1. The van der Waals surface area contributed by atoms with Crippen molar-refractivity contribution in [2.24, 2.45) is 0 Å². The minimum atomic E-state index is -3.20. The first-order valence-corrected chi connectivity index (χ1v) is 10.2. The minimum Gasteiger partial charge on any atom is -0.339 e. The van der Waals surface area contributed by atoms with E-state index in [0.29, 0.717) is 12.8 Å². The highest BCUT2D eigenvalue weighted by Crippen LogP contribution is 2.21. The van der Waals surface area contributed by atoms with Gasteiger partial charge in [-0.25, -0.2) is 8.42 Å². The second kappa shape index (κ2) is 7.83. The minimum absolute atomic E-state index is 0.0697. The molecule has 4 nitrogen and oxygen atoms in total. The van der Waals surface area contributed by atoms with Gasteiger partial charge in [0.2, 0.25) is 5.91 Å². The molecular weight excluding hydrogens is 334 g/mol. The molecule has 0 N–H and O–H groups in total. The van der Waals surface area contributed by atoms with Crippen LogP contribution in [-0.4, -0.2) is 32.5 Å². The van der Waals surface area contributed by atoms with Crippen LogP contribution in [0.5, 0.6) is 0 Å². The molecule has 0 aliphatic rings. The Morgan fingerprint density at radius 1 is 1.04 bits per heavy atom. The number of rotatable bonds is 6. The Hall–Kier alpha value is -2.14. The van der Waals surface area contributed by atoms with Gasteiger partial charge in [0.05, 0.1) is 10.9 Å². The van der Waals surface area contributed by atoms with Crippen LogP contribution in [0.1, 0.15) is 36.1 Å². The first-order valence-electron chi connectivity index (χ1n) is 8.29. The van der Waals surface area contributed by atoms with Crippen molar-refractivity contribution in [1.29, 1.82) is 0 Å². The molecule has 0 aliphatic carbocycles. The van der Waals surface area contributed by atoms with Crippen molar-refractivity contribution in [3.63, 3.8) is 0 Å². The number of sulfone groups is 1. The highest BCUT2D eigenvalue weighted by Gasteiger charge is 2.18. The molecule has 2 rings (SSSR count). The van der Waals surface area contributed by atoms with Crippen LogP contribution in [-0.2, 0) is 21.1 Å². The molecule has 1 atom stereocenters. The van der Waals surface area contributed by atoms with Gasteiger partial charge in [-0.15, -0.1) is 0 Å². The molecule has 0 saturated heterocycles. The third kappa shape index (κ3) is 5.16. The van der Waals surface area contributed by atoms with Crippen molar-refractivity contribution in [2.45, 2.75) is 37.6 Å². The summed E-state index contributed by atoms with van der Waals surface area (Å²) in [6, 6.07) is 14.8. The maximum atomic E-state index is 12.5. The Balaban J connectivity index is 1.99. The SMILES string of the molecule is Cc1ccc(CCC(=O)N(C)C(C)c2ccc(S(C)(=O)=O)cc2)cc1. The average Bonchev–Trinajstić information content (AvgIpc) is 2.59. The van der Waals surface area contributed by atoms with E-state index in [9.17, 15) is 13.2 Å². The molecular formula is C20H25NO3S. The van der Waals surface area contributed by atoms with Crippen LogP contribution >= 0.6 is 0 Å². The molecule has 0 saturated carbocycles. The standard InChI is InChI=1S/C20H25NO3S/c1-15-5-7-17(8-6-15)9-14-20(22)21(3)16(2)18-10-12-19(13-11-18)25(4,23)24/h5-8,10-13,16H,9,14H2,1-4H3. The molecule has 25 heavy (non-hydrogen) atoms. The van der Waals surface area contributed by atoms with E-state index >= 15 is 0 Å². The number of hydrogen-bond donors (Lipinski definition) is 0. The van der Waals surface area contributed by atoms with E-state index in [1.807, 2.05) is 13.8 Å². The van der Waals surface area contributed by atoms with E-state index in [0.717, 1.165) is 11.1 Å². The Bertz CT molecular complexity index is 824. The van der Waals surface area contributed by atoms with Gasteiger partial charge in [0, 0.05) is 19.7 Å². The summed E-state index contributed by atoms with van der Waals surface area (Å²) in [7, 11) is -1.42. The van der Waals surface area contributed by atoms with Gasteiger partial charge in [-0.05, 0) is 43.5 Å². The number of carbonyl (C=O) groups excluding carboxylic acids is 1. The van der Waals surface area contributed by atoms with Gasteiger partial charge in [-0.3, -0.25) is 4.79 Å². The van der Waals surface area contributed by atoms with Crippen LogP contribution in [0.25, 0.3) is 0 Å². The normalized spacial score (nSPS) is 12.6. The fraction of sp³-hybridized carbons (Fsp3) is 0.350. The predicted molar refractivity (Wildman–Crippen MR) is 100 cm³/mol. The molecule has 0 spiro atoms. The topological polar surface area (TPSA) is 54.5 Å². The summed E-state index contributed by atoms with van der Waals surface area (Å²) in [5.41, 5.74) is 3.27. The second-order valence-electron chi connectivity index (χ2n) is 6.51. The maximum absolute atomic E-state index is 12.5. The highest BCUT2D eigenvalue weighted by atomic mass is 32.2. The molecule has 0 aromatic heterocycles. The quantitative estimate of drug-likeness (QED) is 0.792. The fourth-order valence-corrected chi connectivity index (χ4v) is 3.25. The van der Waals surface area contributed by atoms with Crippen molar-refractivity contribution >= 4 is 15.7 Å². The van der Waals surface area contributed by atoms with E-state index in [1.165, 1.54) is 11.8 Å². The van der Waals surface area contributed by atoms with E-state index in [2.05, 4.69) is 24.3 Å². The Kier molecular flexibility index (Phi) is 6.01. The maximum Gasteiger partial charge on any atom is 0.223 e. The molecule has 0 fully saturated rings. The molecule has 1 amide bonds. The van der Waals surface area contributed by atoms with E-state index < -0.39 is 9.84 Å². The van der Waals surface area contributed by atoms with Crippen LogP contribution in [0.3, 0.4) is 0 Å². The van der Waals surface area contributed by atoms with Gasteiger partial charge in [0.25, 0.3) is 0 Å². The molecule has 0 heterocycles. The summed E-state index contributed by atoms with van der Waals surface area (Å²) < 4.78 is 23.1. The molecule has 5 heteroatoms. The number of hydrogen-bond acceptors (Lipinski definition) is 3. The van der Waals surface area contributed by atoms with Crippen LogP contribution < -0.4 is 0 Å². The van der Waals surface area contributed by atoms with Gasteiger partial charge in [-0.2, -0.15) is 0 Å². The Morgan fingerprint density at radius 3 is 2.12 bits per heavy atom. The van der Waals surface area contributed by atoms with E-state index in [4.69, 9.17) is 0 Å². The van der Waals surface area contributed by atoms with Gasteiger partial charge in [0.1, 0.15) is 0 Å². The average molecular weight is 359 g/mol. The van der Waals surface area contributed by atoms with Crippen LogP contribution in [0.4, 0.5) is 0 Å². The van der Waals surface area contributed by atoms with Gasteiger partial charge < -0.3 is 4.90 Å². The number of benzene rings is 2. The zero-order valence-corrected chi connectivity index (χ0v) is 16.0. The lowest BCUT2D eigenvalue weighted by Crippen LogP contribution is -2.29. The molecule has 0 radical (unpaired) electrons. The van der Waals surface area contributed by atoms with Crippen molar-refractivity contribution in [2.75, 3.05) is 13.3 Å².